The van der Waals surface area contributed by atoms with Gasteiger partial charge in [-0.05, 0) is 31.1 Å². The van der Waals surface area contributed by atoms with E-state index in [1.807, 2.05) is 32.2 Å². The van der Waals surface area contributed by atoms with Crippen molar-refractivity contribution in [2.45, 2.75) is 13.5 Å². The van der Waals surface area contributed by atoms with Crippen molar-refractivity contribution in [3.05, 3.63) is 29.3 Å². The average Bonchev–Trinajstić information content (AvgIpc) is 2.77. The molecule has 1 amide bonds. The lowest BCUT2D eigenvalue weighted by molar-refractivity contribution is -0.136. The van der Waals surface area contributed by atoms with Crippen LogP contribution in [0.15, 0.2) is 24.3 Å². The highest BCUT2D eigenvalue weighted by Crippen LogP contribution is 2.24. The molecule has 1 atom stereocenters. The van der Waals surface area contributed by atoms with E-state index in [0.717, 1.165) is 23.6 Å². The first-order chi connectivity index (χ1) is 9.65. The summed E-state index contributed by atoms with van der Waals surface area (Å²) in [5.41, 5.74) is 1.02. The van der Waals surface area contributed by atoms with Crippen LogP contribution in [0.25, 0.3) is 10.2 Å². The number of para-hydroxylation sites is 1. The summed E-state index contributed by atoms with van der Waals surface area (Å²) in [4.78, 5) is 18.8. The van der Waals surface area contributed by atoms with Gasteiger partial charge in [0, 0.05) is 13.0 Å². The number of aromatic nitrogens is 1. The number of hydrogen-bond donors (Lipinski definition) is 1. The van der Waals surface area contributed by atoms with Gasteiger partial charge in [0.25, 0.3) is 0 Å². The SMILES string of the molecule is CC(C(=O)N(C)Cc1nc2ccccc2s1)C1CNC1.Cl.Cl. The quantitative estimate of drug-likeness (QED) is 0.910. The molecule has 0 radical (unpaired) electrons. The van der Waals surface area contributed by atoms with Gasteiger partial charge in [0.05, 0.1) is 16.8 Å². The summed E-state index contributed by atoms with van der Waals surface area (Å²) in [6, 6.07) is 8.10. The van der Waals surface area contributed by atoms with Crippen LogP contribution in [0.3, 0.4) is 0 Å². The zero-order valence-corrected chi connectivity index (χ0v) is 15.1. The van der Waals surface area contributed by atoms with Gasteiger partial charge in [-0.15, -0.1) is 36.2 Å². The van der Waals surface area contributed by atoms with Crippen LogP contribution in [-0.2, 0) is 11.3 Å². The Balaban J connectivity index is 0.00000121. The first-order valence-electron chi connectivity index (χ1n) is 6.95. The van der Waals surface area contributed by atoms with Gasteiger partial charge < -0.3 is 10.2 Å². The van der Waals surface area contributed by atoms with Crippen LogP contribution in [0.4, 0.5) is 0 Å². The molecule has 1 aliphatic rings. The molecule has 1 unspecified atom stereocenters. The molecule has 1 aliphatic heterocycles. The van der Waals surface area contributed by atoms with E-state index in [9.17, 15) is 4.79 Å². The largest absolute Gasteiger partial charge is 0.339 e. The Morgan fingerprint density at radius 1 is 1.41 bits per heavy atom. The van der Waals surface area contributed by atoms with E-state index in [2.05, 4.69) is 16.4 Å². The van der Waals surface area contributed by atoms with Crippen LogP contribution in [-0.4, -0.2) is 35.9 Å². The van der Waals surface area contributed by atoms with Crippen LogP contribution in [0, 0.1) is 11.8 Å². The summed E-state index contributed by atoms with van der Waals surface area (Å²) in [6.45, 7) is 4.55. The van der Waals surface area contributed by atoms with Crippen molar-refractivity contribution in [2.24, 2.45) is 11.8 Å². The summed E-state index contributed by atoms with van der Waals surface area (Å²) in [6.07, 6.45) is 0. The van der Waals surface area contributed by atoms with E-state index in [-0.39, 0.29) is 36.6 Å². The molecule has 1 N–H and O–H groups in total. The normalized spacial score (nSPS) is 15.4. The molecule has 1 saturated heterocycles. The van der Waals surface area contributed by atoms with Crippen LogP contribution < -0.4 is 5.32 Å². The predicted molar refractivity (Wildman–Crippen MR) is 96.1 cm³/mol. The second-order valence-electron chi connectivity index (χ2n) is 5.48. The van der Waals surface area contributed by atoms with E-state index >= 15 is 0 Å². The van der Waals surface area contributed by atoms with E-state index in [1.165, 1.54) is 4.70 Å². The minimum absolute atomic E-state index is 0. The Labute approximate surface area is 147 Å². The fourth-order valence-electron chi connectivity index (χ4n) is 2.48. The van der Waals surface area contributed by atoms with Crippen molar-refractivity contribution in [1.29, 1.82) is 0 Å². The summed E-state index contributed by atoms with van der Waals surface area (Å²) >= 11 is 1.67. The Morgan fingerprint density at radius 3 is 2.68 bits per heavy atom. The Morgan fingerprint density at radius 2 is 2.09 bits per heavy atom. The Hall–Kier alpha value is -0.880. The Kier molecular flexibility index (Phi) is 7.06. The van der Waals surface area contributed by atoms with Gasteiger partial charge in [-0.2, -0.15) is 0 Å². The lowest BCUT2D eigenvalue weighted by Gasteiger charge is -2.33. The molecule has 122 valence electrons. The highest BCUT2D eigenvalue weighted by atomic mass is 35.5. The molecule has 1 aromatic heterocycles. The second-order valence-corrected chi connectivity index (χ2v) is 6.59. The number of benzene rings is 1. The molecule has 2 heterocycles. The van der Waals surface area contributed by atoms with Gasteiger partial charge in [-0.1, -0.05) is 19.1 Å². The zero-order chi connectivity index (χ0) is 14.1. The molecule has 0 saturated carbocycles. The average molecular weight is 362 g/mol. The molecule has 2 aromatic rings. The molecule has 0 aliphatic carbocycles. The second kappa shape index (κ2) is 8.11. The van der Waals surface area contributed by atoms with Crippen molar-refractivity contribution in [1.82, 2.24) is 15.2 Å². The van der Waals surface area contributed by atoms with Crippen molar-refractivity contribution < 1.29 is 4.79 Å². The number of nitrogens with one attached hydrogen (secondary N) is 1. The number of thiazole rings is 1. The van der Waals surface area contributed by atoms with Crippen LogP contribution in [0.1, 0.15) is 11.9 Å². The number of nitrogens with zero attached hydrogens (tertiary/aromatic N) is 2. The van der Waals surface area contributed by atoms with Crippen molar-refractivity contribution in [3.8, 4) is 0 Å². The van der Waals surface area contributed by atoms with Gasteiger partial charge in [-0.25, -0.2) is 4.98 Å². The topological polar surface area (TPSA) is 45.2 Å². The van der Waals surface area contributed by atoms with E-state index < -0.39 is 0 Å². The van der Waals surface area contributed by atoms with Crippen LogP contribution in [0.2, 0.25) is 0 Å². The maximum absolute atomic E-state index is 12.4. The molecular weight excluding hydrogens is 341 g/mol. The van der Waals surface area contributed by atoms with Crippen LogP contribution >= 0.6 is 36.2 Å². The maximum Gasteiger partial charge on any atom is 0.225 e. The van der Waals surface area contributed by atoms with Gasteiger partial charge in [0.2, 0.25) is 5.91 Å². The van der Waals surface area contributed by atoms with Crippen molar-refractivity contribution in [2.75, 3.05) is 20.1 Å². The highest BCUT2D eigenvalue weighted by molar-refractivity contribution is 7.18. The molecule has 1 fully saturated rings. The van der Waals surface area contributed by atoms with Gasteiger partial charge in [0.1, 0.15) is 5.01 Å². The highest BCUT2D eigenvalue weighted by Gasteiger charge is 2.30. The number of carbonyl (C=O) groups excluding carboxylic acids is 1. The van der Waals surface area contributed by atoms with Crippen molar-refractivity contribution in [3.63, 3.8) is 0 Å². The van der Waals surface area contributed by atoms with E-state index in [0.29, 0.717) is 12.5 Å². The molecule has 1 aromatic carbocycles. The third kappa shape index (κ3) is 3.90. The van der Waals surface area contributed by atoms with E-state index in [4.69, 9.17) is 0 Å². The van der Waals surface area contributed by atoms with Crippen molar-refractivity contribution >= 4 is 52.3 Å². The molecule has 3 rings (SSSR count). The maximum atomic E-state index is 12.4. The number of fused-ring (bicyclic) bond motifs is 1. The fourth-order valence-corrected chi connectivity index (χ4v) is 3.50. The standard InChI is InChI=1S/C15H19N3OS.2ClH/c1-10(11-7-16-8-11)15(19)18(2)9-14-17-12-5-3-4-6-13(12)20-14;;/h3-6,10-11,16H,7-9H2,1-2H3;2*1H. The molecule has 22 heavy (non-hydrogen) atoms. The molecule has 4 nitrogen and oxygen atoms in total. The summed E-state index contributed by atoms with van der Waals surface area (Å²) in [7, 11) is 1.87. The van der Waals surface area contributed by atoms with Gasteiger partial charge >= 0.3 is 0 Å². The third-order valence-corrected chi connectivity index (χ3v) is 5.02. The summed E-state index contributed by atoms with van der Waals surface area (Å²) < 4.78 is 1.18. The number of carbonyl (C=O) groups is 1. The third-order valence-electron chi connectivity index (χ3n) is 4.00. The van der Waals surface area contributed by atoms with E-state index in [1.54, 1.807) is 16.2 Å². The summed E-state index contributed by atoms with van der Waals surface area (Å²) in [5, 5.41) is 4.22. The summed E-state index contributed by atoms with van der Waals surface area (Å²) in [5.74, 6) is 0.798. The van der Waals surface area contributed by atoms with Gasteiger partial charge in [-0.3, -0.25) is 4.79 Å². The number of halogens is 2. The van der Waals surface area contributed by atoms with Gasteiger partial charge in [0.15, 0.2) is 0 Å². The lowest BCUT2D eigenvalue weighted by Crippen LogP contribution is -2.49. The molecule has 0 bridgehead atoms. The lowest BCUT2D eigenvalue weighted by atomic mass is 9.88. The monoisotopic (exact) mass is 361 g/mol. The minimum Gasteiger partial charge on any atom is -0.339 e. The fraction of sp³-hybridized carbons (Fsp3) is 0.467. The number of hydrogen-bond acceptors (Lipinski definition) is 4. The first kappa shape index (κ1) is 19.2. The molecule has 0 spiro atoms. The zero-order valence-electron chi connectivity index (χ0n) is 12.6. The smallest absolute Gasteiger partial charge is 0.225 e. The minimum atomic E-state index is 0. The number of amides is 1. The molecule has 7 heteroatoms. The predicted octanol–water partition coefficient (Wildman–Crippen LogP) is 2.95. The molecular formula is C15H21Cl2N3OS. The first-order valence-corrected chi connectivity index (χ1v) is 7.77. The number of rotatable bonds is 4. The Bertz CT molecular complexity index is 597. The van der Waals surface area contributed by atoms with Crippen LogP contribution in [0.5, 0.6) is 0 Å².